The molecule has 0 atom stereocenters. The first kappa shape index (κ1) is 23.7. The lowest BCUT2D eigenvalue weighted by molar-refractivity contribution is 0.0740. The number of carbonyl (C=O) groups excluding carboxylic acids is 2. The maximum Gasteiger partial charge on any atom is 0.257 e. The lowest BCUT2D eigenvalue weighted by atomic mass is 10.1. The van der Waals surface area contributed by atoms with E-state index in [1.54, 1.807) is 11.0 Å². The van der Waals surface area contributed by atoms with Gasteiger partial charge in [-0.2, -0.15) is 0 Å². The Morgan fingerprint density at radius 1 is 1.00 bits per heavy atom. The number of halogens is 1. The average Bonchev–Trinajstić information content (AvgIpc) is 2.72. The number of ketones is 1. The number of sulfone groups is 1. The summed E-state index contributed by atoms with van der Waals surface area (Å²) in [5, 5.41) is 0. The van der Waals surface area contributed by atoms with Gasteiger partial charge in [-0.1, -0.05) is 0 Å². The van der Waals surface area contributed by atoms with Crippen LogP contribution in [0.1, 0.15) is 41.5 Å². The van der Waals surface area contributed by atoms with Gasteiger partial charge in [-0.25, -0.2) is 12.8 Å². The quantitative estimate of drug-likeness (QED) is 0.613. The average molecular weight is 463 g/mol. The van der Waals surface area contributed by atoms with Gasteiger partial charge < -0.3 is 14.5 Å². The molecule has 1 heterocycles. The van der Waals surface area contributed by atoms with E-state index in [0.29, 0.717) is 37.6 Å². The molecule has 9 heteroatoms. The van der Waals surface area contributed by atoms with Gasteiger partial charge in [-0.3, -0.25) is 9.59 Å². The summed E-state index contributed by atoms with van der Waals surface area (Å²) in [7, 11) is -3.49. The number of piperazine rings is 1. The molecule has 2 aromatic rings. The number of ether oxygens (including phenoxy) is 1. The normalized spacial score (nSPS) is 14.6. The highest BCUT2D eigenvalue weighted by atomic mass is 32.2. The number of hydrogen-bond acceptors (Lipinski definition) is 6. The Labute approximate surface area is 187 Å². The Bertz CT molecular complexity index is 1140. The van der Waals surface area contributed by atoms with E-state index in [4.69, 9.17) is 4.74 Å². The molecule has 0 spiro atoms. The van der Waals surface area contributed by atoms with E-state index in [-0.39, 0.29) is 33.8 Å². The molecular weight excluding hydrogens is 435 g/mol. The smallest absolute Gasteiger partial charge is 0.257 e. The van der Waals surface area contributed by atoms with Crippen LogP contribution < -0.4 is 9.64 Å². The van der Waals surface area contributed by atoms with Gasteiger partial charge in [0.25, 0.3) is 5.91 Å². The Morgan fingerprint density at radius 2 is 1.66 bits per heavy atom. The molecular formula is C23H27FN2O5S. The first-order valence-electron chi connectivity index (χ1n) is 10.3. The number of anilines is 1. The van der Waals surface area contributed by atoms with Gasteiger partial charge in [-0.15, -0.1) is 0 Å². The van der Waals surface area contributed by atoms with Gasteiger partial charge in [0.2, 0.25) is 0 Å². The van der Waals surface area contributed by atoms with Gasteiger partial charge in [0.05, 0.1) is 22.1 Å². The van der Waals surface area contributed by atoms with E-state index < -0.39 is 15.7 Å². The van der Waals surface area contributed by atoms with Crippen molar-refractivity contribution < 1.29 is 27.1 Å². The van der Waals surface area contributed by atoms with Crippen LogP contribution in [0.2, 0.25) is 0 Å². The Hall–Kier alpha value is -2.94. The molecule has 1 aliphatic rings. The highest BCUT2D eigenvalue weighted by Gasteiger charge is 2.26. The molecule has 0 bridgehead atoms. The summed E-state index contributed by atoms with van der Waals surface area (Å²) in [4.78, 5) is 28.3. The third-order valence-corrected chi connectivity index (χ3v) is 6.35. The Kier molecular flexibility index (Phi) is 6.88. The van der Waals surface area contributed by atoms with Crippen molar-refractivity contribution in [3.05, 3.63) is 53.3 Å². The van der Waals surface area contributed by atoms with Crippen molar-refractivity contribution in [2.45, 2.75) is 31.8 Å². The molecule has 0 aliphatic carbocycles. The number of amides is 1. The molecule has 0 aromatic heterocycles. The Morgan fingerprint density at radius 3 is 2.19 bits per heavy atom. The first-order chi connectivity index (χ1) is 15.0. The number of hydrogen-bond donors (Lipinski definition) is 0. The fourth-order valence-corrected chi connectivity index (χ4v) is 4.24. The van der Waals surface area contributed by atoms with Crippen LogP contribution in [-0.2, 0) is 9.84 Å². The second-order valence-electron chi connectivity index (χ2n) is 8.10. The minimum absolute atomic E-state index is 0.0472. The molecule has 32 heavy (non-hydrogen) atoms. The predicted octanol–water partition coefficient (Wildman–Crippen LogP) is 3.18. The summed E-state index contributed by atoms with van der Waals surface area (Å²) in [5.41, 5.74) is 0.889. The molecule has 1 saturated heterocycles. The zero-order valence-electron chi connectivity index (χ0n) is 18.6. The van der Waals surface area contributed by atoms with Crippen LogP contribution in [0.25, 0.3) is 0 Å². The molecule has 172 valence electrons. The molecule has 2 aromatic carbocycles. The molecule has 0 saturated carbocycles. The fraction of sp³-hybridized carbons (Fsp3) is 0.391. The third kappa shape index (κ3) is 5.27. The third-order valence-electron chi connectivity index (χ3n) is 5.24. The maximum absolute atomic E-state index is 14.2. The van der Waals surface area contributed by atoms with Crippen molar-refractivity contribution in [2.75, 3.05) is 37.3 Å². The van der Waals surface area contributed by atoms with Crippen molar-refractivity contribution >= 4 is 27.2 Å². The largest absolute Gasteiger partial charge is 0.490 e. The van der Waals surface area contributed by atoms with E-state index in [2.05, 4.69) is 0 Å². The highest BCUT2D eigenvalue weighted by molar-refractivity contribution is 7.90. The zero-order chi connectivity index (χ0) is 23.6. The van der Waals surface area contributed by atoms with Crippen molar-refractivity contribution in [3.8, 4) is 5.75 Å². The van der Waals surface area contributed by atoms with Crippen LogP contribution >= 0.6 is 0 Å². The molecule has 1 fully saturated rings. The van der Waals surface area contributed by atoms with Crippen LogP contribution in [-0.4, -0.2) is 63.5 Å². The lowest BCUT2D eigenvalue weighted by Gasteiger charge is -2.36. The van der Waals surface area contributed by atoms with Gasteiger partial charge in [0, 0.05) is 38.1 Å². The summed E-state index contributed by atoms with van der Waals surface area (Å²) < 4.78 is 43.9. The minimum atomic E-state index is -3.49. The van der Waals surface area contributed by atoms with Crippen molar-refractivity contribution in [3.63, 3.8) is 0 Å². The van der Waals surface area contributed by atoms with E-state index in [1.165, 1.54) is 37.3 Å². The monoisotopic (exact) mass is 462 g/mol. The molecule has 0 unspecified atom stereocenters. The van der Waals surface area contributed by atoms with E-state index in [1.807, 2.05) is 18.7 Å². The zero-order valence-corrected chi connectivity index (χ0v) is 19.4. The predicted molar refractivity (Wildman–Crippen MR) is 120 cm³/mol. The van der Waals surface area contributed by atoms with Gasteiger partial charge in [0.1, 0.15) is 11.6 Å². The summed E-state index contributed by atoms with van der Waals surface area (Å²) in [6.07, 6.45) is 0.907. The van der Waals surface area contributed by atoms with Gasteiger partial charge in [0.15, 0.2) is 15.6 Å². The number of Topliss-reactive ketones (excluding diaryl/α,β-unsaturated/α-hetero) is 1. The molecule has 1 amide bonds. The van der Waals surface area contributed by atoms with E-state index in [9.17, 15) is 22.4 Å². The molecule has 7 nitrogen and oxygen atoms in total. The van der Waals surface area contributed by atoms with Crippen LogP contribution in [0.4, 0.5) is 10.1 Å². The maximum atomic E-state index is 14.2. The second-order valence-corrected chi connectivity index (χ2v) is 10.1. The van der Waals surface area contributed by atoms with Crippen LogP contribution in [0.5, 0.6) is 5.75 Å². The van der Waals surface area contributed by atoms with Crippen LogP contribution in [0.15, 0.2) is 41.3 Å². The summed E-state index contributed by atoms with van der Waals surface area (Å²) >= 11 is 0. The van der Waals surface area contributed by atoms with Gasteiger partial charge >= 0.3 is 0 Å². The molecule has 3 rings (SSSR count). The topological polar surface area (TPSA) is 84.0 Å². The van der Waals surface area contributed by atoms with Gasteiger partial charge in [-0.05, 0) is 57.2 Å². The molecule has 0 radical (unpaired) electrons. The SMILES string of the molecule is CC(=O)c1ccc(N2CCN(C(=O)c3cc(S(C)(=O)=O)ccc3OC(C)C)CC2)cc1F. The number of rotatable bonds is 6. The molecule has 1 aliphatic heterocycles. The van der Waals surface area contributed by atoms with Crippen LogP contribution in [0, 0.1) is 5.82 Å². The summed E-state index contributed by atoms with van der Waals surface area (Å²) in [5.74, 6) is -0.882. The number of carbonyl (C=O) groups is 2. The van der Waals surface area contributed by atoms with E-state index in [0.717, 1.165) is 6.26 Å². The highest BCUT2D eigenvalue weighted by Crippen LogP contribution is 2.27. The standard InChI is InChI=1S/C23H27FN2O5S/c1-15(2)31-22-8-6-18(32(4,29)30)14-20(22)23(28)26-11-9-25(10-12-26)17-5-7-19(16(3)27)21(24)13-17/h5-8,13-15H,9-12H2,1-4H3. The first-order valence-corrected chi connectivity index (χ1v) is 12.2. The van der Waals surface area contributed by atoms with Crippen LogP contribution in [0.3, 0.4) is 0 Å². The lowest BCUT2D eigenvalue weighted by Crippen LogP contribution is -2.49. The van der Waals surface area contributed by atoms with Crippen molar-refractivity contribution in [1.29, 1.82) is 0 Å². The summed E-state index contributed by atoms with van der Waals surface area (Å²) in [6, 6.07) is 8.80. The minimum Gasteiger partial charge on any atom is -0.490 e. The fourth-order valence-electron chi connectivity index (χ4n) is 3.59. The summed E-state index contributed by atoms with van der Waals surface area (Å²) in [6.45, 7) is 6.66. The van der Waals surface area contributed by atoms with Crippen molar-refractivity contribution in [2.24, 2.45) is 0 Å². The number of benzene rings is 2. The second kappa shape index (κ2) is 9.28. The van der Waals surface area contributed by atoms with Crippen molar-refractivity contribution in [1.82, 2.24) is 4.90 Å². The van der Waals surface area contributed by atoms with E-state index >= 15 is 0 Å². The molecule has 0 N–H and O–H groups in total. The number of nitrogens with zero attached hydrogens (tertiary/aromatic N) is 2. The Balaban J connectivity index is 1.79.